The second kappa shape index (κ2) is 14.4. The summed E-state index contributed by atoms with van der Waals surface area (Å²) in [4.78, 5) is 29.0. The molecule has 0 amide bonds. The van der Waals surface area contributed by atoms with Gasteiger partial charge in [0.15, 0.2) is 0 Å². The van der Waals surface area contributed by atoms with E-state index in [1.54, 1.807) is 0 Å². The van der Waals surface area contributed by atoms with Crippen LogP contribution in [0.15, 0.2) is 72.8 Å². The number of esters is 2. The zero-order chi connectivity index (χ0) is 33.0. The highest BCUT2D eigenvalue weighted by atomic mass is 16.5. The third kappa shape index (κ3) is 5.70. The van der Waals surface area contributed by atoms with Gasteiger partial charge in [0.1, 0.15) is 0 Å². The number of carbonyl (C=O) groups is 2. The molecular weight excluding hydrogens is 592 g/mol. The van der Waals surface area contributed by atoms with Crippen LogP contribution in [0.25, 0.3) is 64.6 Å². The van der Waals surface area contributed by atoms with Gasteiger partial charge < -0.3 is 9.47 Å². The summed E-state index contributed by atoms with van der Waals surface area (Å²) >= 11 is 0. The fourth-order valence-electron chi connectivity index (χ4n) is 7.99. The zero-order valence-electron chi connectivity index (χ0n) is 28.5. The van der Waals surface area contributed by atoms with Crippen molar-refractivity contribution in [1.29, 1.82) is 0 Å². The minimum atomic E-state index is -0.322. The molecule has 246 valence electrons. The van der Waals surface area contributed by atoms with E-state index in [0.717, 1.165) is 103 Å². The Hall–Kier alpha value is -4.44. The Kier molecular flexibility index (Phi) is 9.61. The van der Waals surface area contributed by atoms with Crippen LogP contribution >= 0.6 is 0 Å². The summed E-state index contributed by atoms with van der Waals surface area (Å²) in [6.07, 6.45) is 13.4. The molecule has 0 aliphatic heterocycles. The van der Waals surface area contributed by atoms with Crippen LogP contribution in [0.4, 0.5) is 0 Å². The Morgan fingerprint density at radius 1 is 0.417 bits per heavy atom. The van der Waals surface area contributed by atoms with Crippen molar-refractivity contribution < 1.29 is 19.1 Å². The van der Waals surface area contributed by atoms with E-state index < -0.39 is 0 Å². The Bertz CT molecular complexity index is 1940. The van der Waals surface area contributed by atoms with Gasteiger partial charge in [0, 0.05) is 21.5 Å². The van der Waals surface area contributed by atoms with Gasteiger partial charge in [-0.05, 0) is 55.9 Å². The first-order valence-electron chi connectivity index (χ1n) is 18.3. The topological polar surface area (TPSA) is 52.6 Å². The molecular formula is C44H46O4. The second-order valence-electron chi connectivity index (χ2n) is 13.5. The summed E-state index contributed by atoms with van der Waals surface area (Å²) in [6, 6.07) is 24.9. The molecule has 0 heterocycles. The molecule has 0 aromatic heterocycles. The van der Waals surface area contributed by atoms with Crippen LogP contribution in [0.2, 0.25) is 0 Å². The summed E-state index contributed by atoms with van der Waals surface area (Å²) in [7, 11) is 0. The number of unbranched alkanes of at least 4 members (excludes halogenated alkanes) is 10. The average Bonchev–Trinajstić information content (AvgIpc) is 3.62. The van der Waals surface area contributed by atoms with Gasteiger partial charge in [-0.2, -0.15) is 0 Å². The van der Waals surface area contributed by atoms with E-state index in [9.17, 15) is 9.59 Å². The lowest BCUT2D eigenvalue weighted by molar-refractivity contribution is 0.0490. The molecule has 0 radical (unpaired) electrons. The van der Waals surface area contributed by atoms with Gasteiger partial charge in [-0.3, -0.25) is 0 Å². The smallest absolute Gasteiger partial charge is 0.339 e. The minimum absolute atomic E-state index is 0.322. The largest absolute Gasteiger partial charge is 0.462 e. The SMILES string of the molecule is CCCCCCCCOC(=O)c1c2c3cccc4cccc(c2c(C(=O)OCCCCCCCC)c2c5cccc6cccc(c12)c65)c43. The Balaban J connectivity index is 1.43. The summed E-state index contributed by atoms with van der Waals surface area (Å²) in [5, 5.41) is 11.4. The highest BCUT2D eigenvalue weighted by Gasteiger charge is 2.32. The van der Waals surface area contributed by atoms with Crippen molar-refractivity contribution in [2.45, 2.75) is 90.9 Å². The molecule has 4 nitrogen and oxygen atoms in total. The zero-order valence-corrected chi connectivity index (χ0v) is 28.5. The highest BCUT2D eigenvalue weighted by Crippen LogP contribution is 2.50. The monoisotopic (exact) mass is 638 g/mol. The third-order valence-corrected chi connectivity index (χ3v) is 10.3. The van der Waals surface area contributed by atoms with E-state index in [4.69, 9.17) is 9.47 Å². The number of fused-ring (bicyclic) bond motifs is 6. The number of carbonyl (C=O) groups excluding carboxylic acids is 2. The van der Waals surface area contributed by atoms with Crippen LogP contribution in [-0.2, 0) is 9.47 Å². The van der Waals surface area contributed by atoms with E-state index in [1.165, 1.54) is 38.5 Å². The van der Waals surface area contributed by atoms with Crippen molar-refractivity contribution >= 4 is 76.6 Å². The molecule has 0 aliphatic carbocycles. The number of hydrogen-bond acceptors (Lipinski definition) is 4. The van der Waals surface area contributed by atoms with Crippen molar-refractivity contribution in [1.82, 2.24) is 0 Å². The number of rotatable bonds is 16. The lowest BCUT2D eigenvalue weighted by Crippen LogP contribution is -2.11. The molecule has 0 fully saturated rings. The predicted molar refractivity (Wildman–Crippen MR) is 201 cm³/mol. The maximum absolute atomic E-state index is 14.5. The summed E-state index contributed by atoms with van der Waals surface area (Å²) in [5.41, 5.74) is 1.12. The van der Waals surface area contributed by atoms with Gasteiger partial charge in [-0.1, -0.05) is 151 Å². The van der Waals surface area contributed by atoms with Gasteiger partial charge in [0.2, 0.25) is 0 Å². The molecule has 7 aromatic carbocycles. The lowest BCUT2D eigenvalue weighted by atomic mass is 9.93. The van der Waals surface area contributed by atoms with Crippen molar-refractivity contribution in [3.8, 4) is 0 Å². The first-order chi connectivity index (χ1) is 23.7. The fourth-order valence-corrected chi connectivity index (χ4v) is 7.99. The molecule has 4 heteroatoms. The van der Waals surface area contributed by atoms with E-state index in [0.29, 0.717) is 24.3 Å². The first-order valence-corrected chi connectivity index (χ1v) is 18.3. The molecule has 48 heavy (non-hydrogen) atoms. The third-order valence-electron chi connectivity index (χ3n) is 10.3. The second-order valence-corrected chi connectivity index (χ2v) is 13.5. The molecule has 0 bridgehead atoms. The first kappa shape index (κ1) is 32.1. The summed E-state index contributed by atoms with van der Waals surface area (Å²) in [6.45, 7) is 5.20. The van der Waals surface area contributed by atoms with Crippen LogP contribution in [0.1, 0.15) is 112 Å². The van der Waals surface area contributed by atoms with Crippen LogP contribution in [0.3, 0.4) is 0 Å². The van der Waals surface area contributed by atoms with Crippen molar-refractivity contribution in [3.63, 3.8) is 0 Å². The molecule has 0 unspecified atom stereocenters. The standard InChI is InChI=1S/C44H46O4/c1-3-5-7-9-11-13-27-47-43(45)41-37-31-23-15-19-29-21-17-25-33(35(29)31)39(37)42(44(46)48-28-14-12-10-8-6-4-2)40-34-26-18-22-30-20-16-24-32(36(30)34)38(40)41/h15-26H,3-14,27-28H2,1-2H3. The predicted octanol–water partition coefficient (Wildman–Crippen LogP) is 12.5. The molecule has 0 saturated carbocycles. The molecule has 0 spiro atoms. The molecule has 0 N–H and O–H groups in total. The normalized spacial score (nSPS) is 12.0. The molecule has 0 saturated heterocycles. The van der Waals surface area contributed by atoms with E-state index in [-0.39, 0.29) is 11.9 Å². The van der Waals surface area contributed by atoms with Crippen LogP contribution < -0.4 is 0 Å². The molecule has 7 rings (SSSR count). The van der Waals surface area contributed by atoms with Gasteiger partial charge in [-0.15, -0.1) is 0 Å². The summed E-state index contributed by atoms with van der Waals surface area (Å²) in [5.74, 6) is -0.643. The fraction of sp³-hybridized carbons (Fsp3) is 0.364. The van der Waals surface area contributed by atoms with Crippen LogP contribution in [0.5, 0.6) is 0 Å². The van der Waals surface area contributed by atoms with Gasteiger partial charge >= 0.3 is 11.9 Å². The number of benzene rings is 5. The Morgan fingerprint density at radius 3 is 1.06 bits per heavy atom. The maximum atomic E-state index is 14.5. The van der Waals surface area contributed by atoms with E-state index in [1.807, 2.05) is 24.3 Å². The van der Waals surface area contributed by atoms with Gasteiger partial charge in [0.25, 0.3) is 0 Å². The van der Waals surface area contributed by atoms with Crippen molar-refractivity contribution in [2.75, 3.05) is 13.2 Å². The quantitative estimate of drug-likeness (QED) is 0.0780. The Morgan fingerprint density at radius 2 is 0.729 bits per heavy atom. The summed E-state index contributed by atoms with van der Waals surface area (Å²) < 4.78 is 12.3. The number of hydrogen-bond donors (Lipinski definition) is 0. The molecule has 7 aromatic rings. The lowest BCUT2D eigenvalue weighted by Gasteiger charge is -2.14. The van der Waals surface area contributed by atoms with Crippen molar-refractivity contribution in [2.24, 2.45) is 0 Å². The van der Waals surface area contributed by atoms with Gasteiger partial charge in [-0.25, -0.2) is 9.59 Å². The number of ether oxygens (including phenoxy) is 2. The minimum Gasteiger partial charge on any atom is -0.462 e. The molecule has 0 aliphatic rings. The Labute approximate surface area is 283 Å². The van der Waals surface area contributed by atoms with E-state index in [2.05, 4.69) is 62.4 Å². The highest BCUT2D eigenvalue weighted by molar-refractivity contribution is 6.46. The average molecular weight is 639 g/mol. The van der Waals surface area contributed by atoms with E-state index >= 15 is 0 Å². The van der Waals surface area contributed by atoms with Gasteiger partial charge in [0.05, 0.1) is 24.3 Å². The van der Waals surface area contributed by atoms with Crippen molar-refractivity contribution in [3.05, 3.63) is 83.9 Å². The van der Waals surface area contributed by atoms with Crippen LogP contribution in [0, 0.1) is 0 Å². The maximum Gasteiger partial charge on any atom is 0.339 e. The molecule has 0 atom stereocenters. The van der Waals surface area contributed by atoms with Crippen LogP contribution in [-0.4, -0.2) is 25.2 Å².